The number of anilines is 1. The van der Waals surface area contributed by atoms with Gasteiger partial charge in [0.25, 0.3) is 10.0 Å². The summed E-state index contributed by atoms with van der Waals surface area (Å²) < 4.78 is 48.2. The lowest BCUT2D eigenvalue weighted by Gasteiger charge is -2.16. The van der Waals surface area contributed by atoms with Crippen molar-refractivity contribution in [3.63, 3.8) is 0 Å². The molecule has 2 aromatic carbocycles. The standard InChI is InChI=1S/C20H21NO8S/c1-26-16-10-13(8-9-18(22)27-2)11-17(19(16)28-3)30(24,25)21-15-7-5-6-14(12-15)20(23)29-4/h5-12,21H,1-4H3/b9-8+. The first-order valence-electron chi connectivity index (χ1n) is 8.49. The molecule has 0 heterocycles. The first-order chi connectivity index (χ1) is 14.2. The molecule has 0 aliphatic rings. The van der Waals surface area contributed by atoms with Crippen LogP contribution in [-0.2, 0) is 24.3 Å². The number of hydrogen-bond acceptors (Lipinski definition) is 8. The molecule has 0 amide bonds. The average molecular weight is 435 g/mol. The Kier molecular flexibility index (Phi) is 7.43. The number of benzene rings is 2. The van der Waals surface area contributed by atoms with Crippen molar-refractivity contribution in [1.82, 2.24) is 0 Å². The number of carbonyl (C=O) groups is 2. The molecule has 0 spiro atoms. The van der Waals surface area contributed by atoms with Crippen LogP contribution in [0.1, 0.15) is 15.9 Å². The van der Waals surface area contributed by atoms with Crippen LogP contribution < -0.4 is 14.2 Å². The van der Waals surface area contributed by atoms with Gasteiger partial charge in [0.05, 0.1) is 34.0 Å². The molecule has 9 nitrogen and oxygen atoms in total. The van der Waals surface area contributed by atoms with E-state index in [2.05, 4.69) is 14.2 Å². The van der Waals surface area contributed by atoms with Crippen molar-refractivity contribution in [2.75, 3.05) is 33.2 Å². The van der Waals surface area contributed by atoms with E-state index in [4.69, 9.17) is 9.47 Å². The third kappa shape index (κ3) is 5.29. The van der Waals surface area contributed by atoms with Gasteiger partial charge in [-0.2, -0.15) is 0 Å². The van der Waals surface area contributed by atoms with Gasteiger partial charge >= 0.3 is 11.9 Å². The molecule has 2 rings (SSSR count). The lowest BCUT2D eigenvalue weighted by atomic mass is 10.2. The molecule has 0 radical (unpaired) electrons. The van der Waals surface area contributed by atoms with Gasteiger partial charge in [-0.25, -0.2) is 18.0 Å². The minimum atomic E-state index is -4.16. The zero-order chi connectivity index (χ0) is 22.3. The van der Waals surface area contributed by atoms with Crippen LogP contribution in [0.25, 0.3) is 6.08 Å². The van der Waals surface area contributed by atoms with E-state index in [0.29, 0.717) is 5.56 Å². The van der Waals surface area contributed by atoms with E-state index in [0.717, 1.165) is 6.08 Å². The van der Waals surface area contributed by atoms with Gasteiger partial charge in [0.1, 0.15) is 4.90 Å². The normalized spacial score (nSPS) is 11.1. The molecule has 1 N–H and O–H groups in total. The Hall–Kier alpha value is -3.53. The third-order valence-electron chi connectivity index (χ3n) is 3.91. The van der Waals surface area contributed by atoms with E-state index in [1.165, 1.54) is 70.9 Å². The second-order valence-electron chi connectivity index (χ2n) is 5.79. The maximum absolute atomic E-state index is 13.1. The van der Waals surface area contributed by atoms with Gasteiger partial charge in [-0.05, 0) is 42.0 Å². The second-order valence-corrected chi connectivity index (χ2v) is 7.44. The van der Waals surface area contributed by atoms with Gasteiger partial charge in [0.15, 0.2) is 11.5 Å². The predicted molar refractivity (Wildman–Crippen MR) is 109 cm³/mol. The Morgan fingerprint density at radius 1 is 0.967 bits per heavy atom. The van der Waals surface area contributed by atoms with Crippen LogP contribution >= 0.6 is 0 Å². The van der Waals surface area contributed by atoms with Crippen LogP contribution in [0.5, 0.6) is 11.5 Å². The quantitative estimate of drug-likeness (QED) is 0.496. The molecular weight excluding hydrogens is 414 g/mol. The summed E-state index contributed by atoms with van der Waals surface area (Å²) in [6.07, 6.45) is 2.52. The third-order valence-corrected chi connectivity index (χ3v) is 5.29. The minimum Gasteiger partial charge on any atom is -0.493 e. The number of methoxy groups -OCH3 is 4. The van der Waals surface area contributed by atoms with Crippen molar-refractivity contribution in [1.29, 1.82) is 0 Å². The lowest BCUT2D eigenvalue weighted by Crippen LogP contribution is -2.15. The maximum Gasteiger partial charge on any atom is 0.337 e. The Balaban J connectivity index is 2.53. The van der Waals surface area contributed by atoms with Crippen molar-refractivity contribution in [3.05, 3.63) is 53.6 Å². The zero-order valence-electron chi connectivity index (χ0n) is 16.8. The van der Waals surface area contributed by atoms with Crippen molar-refractivity contribution in [2.45, 2.75) is 4.90 Å². The van der Waals surface area contributed by atoms with Crippen LogP contribution in [-0.4, -0.2) is 48.8 Å². The largest absolute Gasteiger partial charge is 0.493 e. The van der Waals surface area contributed by atoms with Crippen LogP contribution in [0.15, 0.2) is 47.4 Å². The summed E-state index contributed by atoms with van der Waals surface area (Å²) >= 11 is 0. The number of ether oxygens (including phenoxy) is 4. The van der Waals surface area contributed by atoms with Crippen LogP contribution in [0.4, 0.5) is 5.69 Å². The summed E-state index contributed by atoms with van der Waals surface area (Å²) in [7, 11) is 0.951. The zero-order valence-corrected chi connectivity index (χ0v) is 17.6. The topological polar surface area (TPSA) is 117 Å². The molecular formula is C20H21NO8S. The van der Waals surface area contributed by atoms with Crippen molar-refractivity contribution < 1.29 is 37.0 Å². The first kappa shape index (κ1) is 22.8. The highest BCUT2D eigenvalue weighted by atomic mass is 32.2. The van der Waals surface area contributed by atoms with Crippen molar-refractivity contribution in [2.24, 2.45) is 0 Å². The first-order valence-corrected chi connectivity index (χ1v) is 9.97. The van der Waals surface area contributed by atoms with Gasteiger partial charge in [-0.15, -0.1) is 0 Å². The lowest BCUT2D eigenvalue weighted by molar-refractivity contribution is -0.134. The van der Waals surface area contributed by atoms with Crippen LogP contribution in [0.3, 0.4) is 0 Å². The number of esters is 2. The molecule has 160 valence electrons. The summed E-state index contributed by atoms with van der Waals surface area (Å²) in [5, 5.41) is 0. The summed E-state index contributed by atoms with van der Waals surface area (Å²) in [5.74, 6) is -1.09. The number of hydrogen-bond donors (Lipinski definition) is 1. The van der Waals surface area contributed by atoms with Crippen molar-refractivity contribution >= 4 is 33.7 Å². The van der Waals surface area contributed by atoms with Crippen LogP contribution in [0.2, 0.25) is 0 Å². The molecule has 0 aromatic heterocycles. The van der Waals surface area contributed by atoms with E-state index in [9.17, 15) is 18.0 Å². The Morgan fingerprint density at radius 2 is 1.70 bits per heavy atom. The van der Waals surface area contributed by atoms with E-state index in [-0.39, 0.29) is 27.6 Å². The van der Waals surface area contributed by atoms with Gasteiger partial charge in [0.2, 0.25) is 0 Å². The Morgan fingerprint density at radius 3 is 2.30 bits per heavy atom. The monoisotopic (exact) mass is 435 g/mol. The van der Waals surface area contributed by atoms with Gasteiger partial charge in [-0.3, -0.25) is 4.72 Å². The van der Waals surface area contributed by atoms with Crippen molar-refractivity contribution in [3.8, 4) is 11.5 Å². The number of sulfonamides is 1. The molecule has 0 aliphatic heterocycles. The molecule has 10 heteroatoms. The molecule has 0 bridgehead atoms. The van der Waals surface area contributed by atoms with E-state index < -0.39 is 22.0 Å². The summed E-state index contributed by atoms with van der Waals surface area (Å²) in [5.41, 5.74) is 0.688. The van der Waals surface area contributed by atoms with Gasteiger partial charge in [-0.1, -0.05) is 6.07 Å². The second kappa shape index (κ2) is 9.79. The molecule has 2 aromatic rings. The molecule has 30 heavy (non-hydrogen) atoms. The van der Waals surface area contributed by atoms with Gasteiger partial charge in [0, 0.05) is 11.8 Å². The number of carbonyl (C=O) groups excluding carboxylic acids is 2. The maximum atomic E-state index is 13.1. The Labute approximate surface area is 174 Å². The van der Waals surface area contributed by atoms with E-state index >= 15 is 0 Å². The molecule has 0 unspecified atom stereocenters. The Bertz CT molecular complexity index is 1080. The highest BCUT2D eigenvalue weighted by Crippen LogP contribution is 2.37. The summed E-state index contributed by atoms with van der Waals surface area (Å²) in [6.45, 7) is 0. The van der Waals surface area contributed by atoms with E-state index in [1.54, 1.807) is 0 Å². The van der Waals surface area contributed by atoms with Gasteiger partial charge < -0.3 is 18.9 Å². The fourth-order valence-electron chi connectivity index (χ4n) is 2.52. The average Bonchev–Trinajstić information content (AvgIpc) is 2.75. The molecule has 0 fully saturated rings. The SMILES string of the molecule is COC(=O)/C=C/c1cc(OC)c(OC)c(S(=O)(=O)Nc2cccc(C(=O)OC)c2)c1. The fourth-order valence-corrected chi connectivity index (χ4v) is 3.78. The molecule has 0 saturated heterocycles. The van der Waals surface area contributed by atoms with E-state index in [1.807, 2.05) is 0 Å². The molecule has 0 atom stereocenters. The molecule has 0 saturated carbocycles. The number of nitrogens with one attached hydrogen (secondary N) is 1. The summed E-state index contributed by atoms with van der Waals surface area (Å²) in [6, 6.07) is 8.65. The highest BCUT2D eigenvalue weighted by Gasteiger charge is 2.24. The predicted octanol–water partition coefficient (Wildman–Crippen LogP) is 2.48. The fraction of sp³-hybridized carbons (Fsp3) is 0.200. The van der Waals surface area contributed by atoms with Crippen LogP contribution in [0, 0.1) is 0 Å². The molecule has 0 aliphatic carbocycles. The number of rotatable bonds is 8. The minimum absolute atomic E-state index is 0.0238. The summed E-state index contributed by atoms with van der Waals surface area (Å²) in [4.78, 5) is 22.8. The smallest absolute Gasteiger partial charge is 0.337 e. The highest BCUT2D eigenvalue weighted by molar-refractivity contribution is 7.92.